The van der Waals surface area contributed by atoms with Crippen molar-refractivity contribution in [1.82, 2.24) is 0 Å². The molecule has 0 radical (unpaired) electrons. The third-order valence-corrected chi connectivity index (χ3v) is 4.74. The summed E-state index contributed by atoms with van der Waals surface area (Å²) in [4.78, 5) is 9.97. The molecule has 0 saturated heterocycles. The molecule has 2 unspecified atom stereocenters. The van der Waals surface area contributed by atoms with E-state index in [9.17, 15) is 4.79 Å². The fourth-order valence-corrected chi connectivity index (χ4v) is 3.39. The lowest BCUT2D eigenvalue weighted by Gasteiger charge is -2.42. The zero-order valence-corrected chi connectivity index (χ0v) is 14.3. The van der Waals surface area contributed by atoms with E-state index in [0.717, 1.165) is 11.5 Å². The highest BCUT2D eigenvalue weighted by molar-refractivity contribution is 5.38. The van der Waals surface area contributed by atoms with Gasteiger partial charge >= 0.3 is 0 Å². The average molecular weight is 326 g/mol. The van der Waals surface area contributed by atoms with Crippen LogP contribution in [-0.4, -0.2) is 18.2 Å². The van der Waals surface area contributed by atoms with Crippen LogP contribution in [-0.2, 0) is 9.53 Å². The molecule has 0 bridgehead atoms. The Morgan fingerprint density at radius 2 is 1.71 bits per heavy atom. The summed E-state index contributed by atoms with van der Waals surface area (Å²) in [6.45, 7) is 4.91. The summed E-state index contributed by atoms with van der Waals surface area (Å²) in [7, 11) is 0. The number of benzene rings is 2. The van der Waals surface area contributed by atoms with Gasteiger partial charge in [0.1, 0.15) is 6.10 Å². The number of hydrogen-bond donors (Lipinski definition) is 1. The van der Waals surface area contributed by atoms with Gasteiger partial charge in [-0.15, -0.1) is 0 Å². The molecule has 0 heterocycles. The molecule has 2 aromatic carbocycles. The lowest BCUT2D eigenvalue weighted by molar-refractivity contribution is -0.133. The maximum atomic E-state index is 9.97. The summed E-state index contributed by atoms with van der Waals surface area (Å²) in [5.41, 5.74) is 2.40. The van der Waals surface area contributed by atoms with E-state index in [1.54, 1.807) is 0 Å². The van der Waals surface area contributed by atoms with Crippen LogP contribution in [0.1, 0.15) is 43.4 Å². The minimum absolute atomic E-state index is 0.145. The summed E-state index contributed by atoms with van der Waals surface area (Å²) in [5.74, 6) is 1.82. The van der Waals surface area contributed by atoms with Gasteiger partial charge in [0, 0.05) is 6.61 Å². The minimum atomic E-state index is -0.145. The Hall–Kier alpha value is -2.13. The van der Waals surface area contributed by atoms with E-state index in [1.165, 1.54) is 12.0 Å². The standard InChI is InChI=1S/C12H16O.C9H10O2/c1-9-7-11(8-13)12(9)10-5-3-2-4-6-10;1-8(11-7-10)9-5-3-2-4-6-9/h2-6,9,11-13H,7-8H2,1H3;2-8H,1H3/t9-,11-,12?;/m1./s1. The average Bonchev–Trinajstić information content (AvgIpc) is 2.62. The Bertz CT molecular complexity index is 597. The van der Waals surface area contributed by atoms with Crippen LogP contribution in [0.4, 0.5) is 0 Å². The van der Waals surface area contributed by atoms with Crippen molar-refractivity contribution in [2.24, 2.45) is 11.8 Å². The molecule has 0 aromatic heterocycles. The molecule has 1 fully saturated rings. The second kappa shape index (κ2) is 9.24. The fourth-order valence-electron chi connectivity index (χ4n) is 3.39. The van der Waals surface area contributed by atoms with Crippen molar-refractivity contribution < 1.29 is 14.6 Å². The molecule has 2 aromatic rings. The van der Waals surface area contributed by atoms with Crippen molar-refractivity contribution in [3.63, 3.8) is 0 Å². The van der Waals surface area contributed by atoms with Gasteiger partial charge in [-0.05, 0) is 42.2 Å². The fraction of sp³-hybridized carbons (Fsp3) is 0.381. The van der Waals surface area contributed by atoms with Crippen molar-refractivity contribution in [2.45, 2.75) is 32.3 Å². The Morgan fingerprint density at radius 3 is 2.21 bits per heavy atom. The van der Waals surface area contributed by atoms with Crippen molar-refractivity contribution in [2.75, 3.05) is 6.61 Å². The first-order valence-electron chi connectivity index (χ1n) is 8.47. The van der Waals surface area contributed by atoms with E-state index in [-0.39, 0.29) is 6.10 Å². The van der Waals surface area contributed by atoms with Crippen LogP contribution in [0.2, 0.25) is 0 Å². The highest BCUT2D eigenvalue weighted by Gasteiger charge is 2.38. The summed E-state index contributed by atoms with van der Waals surface area (Å²) >= 11 is 0. The third-order valence-electron chi connectivity index (χ3n) is 4.74. The maximum absolute atomic E-state index is 9.97. The van der Waals surface area contributed by atoms with Gasteiger partial charge in [0.05, 0.1) is 0 Å². The van der Waals surface area contributed by atoms with E-state index < -0.39 is 0 Å². The summed E-state index contributed by atoms with van der Waals surface area (Å²) in [5, 5.41) is 9.14. The van der Waals surface area contributed by atoms with E-state index in [1.807, 2.05) is 43.3 Å². The minimum Gasteiger partial charge on any atom is -0.460 e. The van der Waals surface area contributed by atoms with Gasteiger partial charge in [-0.3, -0.25) is 4.79 Å². The molecule has 128 valence electrons. The number of aliphatic hydroxyl groups excluding tert-OH is 1. The molecule has 3 rings (SSSR count). The van der Waals surface area contributed by atoms with Crippen LogP contribution in [0.15, 0.2) is 60.7 Å². The zero-order valence-electron chi connectivity index (χ0n) is 14.3. The molecule has 1 N–H and O–H groups in total. The van der Waals surface area contributed by atoms with Crippen LogP contribution >= 0.6 is 0 Å². The highest BCUT2D eigenvalue weighted by atomic mass is 16.5. The van der Waals surface area contributed by atoms with E-state index in [0.29, 0.717) is 24.9 Å². The molecule has 0 spiro atoms. The van der Waals surface area contributed by atoms with E-state index in [2.05, 4.69) is 31.2 Å². The Balaban J connectivity index is 0.000000177. The number of ether oxygens (including phenoxy) is 1. The van der Waals surface area contributed by atoms with Gasteiger partial charge in [-0.2, -0.15) is 0 Å². The van der Waals surface area contributed by atoms with E-state index in [4.69, 9.17) is 9.84 Å². The summed E-state index contributed by atoms with van der Waals surface area (Å²) in [6.07, 6.45) is 1.03. The first kappa shape index (κ1) is 18.2. The van der Waals surface area contributed by atoms with Gasteiger partial charge in [-0.1, -0.05) is 67.6 Å². The third kappa shape index (κ3) is 4.68. The number of carbonyl (C=O) groups excluding carboxylic acids is 1. The van der Waals surface area contributed by atoms with E-state index >= 15 is 0 Å². The number of rotatable bonds is 5. The topological polar surface area (TPSA) is 46.5 Å². The molecule has 3 nitrogen and oxygen atoms in total. The Labute approximate surface area is 144 Å². The molecule has 1 aliphatic rings. The first-order valence-corrected chi connectivity index (χ1v) is 8.47. The lowest BCUT2D eigenvalue weighted by atomic mass is 9.63. The molecular weight excluding hydrogens is 300 g/mol. The predicted molar refractivity (Wildman–Crippen MR) is 95.5 cm³/mol. The molecular formula is C21H26O3. The second-order valence-electron chi connectivity index (χ2n) is 6.38. The van der Waals surface area contributed by atoms with Crippen LogP contribution in [0.3, 0.4) is 0 Å². The molecule has 24 heavy (non-hydrogen) atoms. The van der Waals surface area contributed by atoms with Crippen LogP contribution in [0.5, 0.6) is 0 Å². The molecule has 1 aliphatic carbocycles. The summed E-state index contributed by atoms with van der Waals surface area (Å²) < 4.78 is 4.75. The quantitative estimate of drug-likeness (QED) is 0.832. The van der Waals surface area contributed by atoms with Crippen molar-refractivity contribution >= 4 is 6.47 Å². The Morgan fingerprint density at radius 1 is 1.12 bits per heavy atom. The van der Waals surface area contributed by atoms with Crippen LogP contribution in [0.25, 0.3) is 0 Å². The SMILES string of the molecule is CC(OC=O)c1ccccc1.C[C@@H]1C[C@H](CO)C1c1ccccc1. The van der Waals surface area contributed by atoms with Gasteiger partial charge in [0.25, 0.3) is 6.47 Å². The van der Waals surface area contributed by atoms with Gasteiger partial charge < -0.3 is 9.84 Å². The number of aliphatic hydroxyl groups is 1. The molecule has 0 aliphatic heterocycles. The predicted octanol–water partition coefficient (Wildman–Crippen LogP) is 4.34. The molecule has 1 saturated carbocycles. The molecule has 3 heteroatoms. The molecule has 0 amide bonds. The van der Waals surface area contributed by atoms with Crippen molar-refractivity contribution in [3.8, 4) is 0 Å². The van der Waals surface area contributed by atoms with Gasteiger partial charge in [-0.25, -0.2) is 0 Å². The highest BCUT2D eigenvalue weighted by Crippen LogP contribution is 2.46. The van der Waals surface area contributed by atoms with Crippen molar-refractivity contribution in [1.29, 1.82) is 0 Å². The largest absolute Gasteiger partial charge is 0.460 e. The molecule has 4 atom stereocenters. The zero-order chi connectivity index (χ0) is 17.4. The van der Waals surface area contributed by atoms with Crippen LogP contribution < -0.4 is 0 Å². The van der Waals surface area contributed by atoms with Crippen LogP contribution in [0, 0.1) is 11.8 Å². The lowest BCUT2D eigenvalue weighted by Crippen LogP contribution is -2.35. The van der Waals surface area contributed by atoms with Gasteiger partial charge in [0.2, 0.25) is 0 Å². The normalized spacial score (nSPS) is 23.2. The number of carbonyl (C=O) groups is 1. The smallest absolute Gasteiger partial charge is 0.293 e. The van der Waals surface area contributed by atoms with Gasteiger partial charge in [0.15, 0.2) is 0 Å². The Kier molecular flexibility index (Phi) is 7.01. The monoisotopic (exact) mass is 326 g/mol. The first-order chi connectivity index (χ1) is 11.7. The summed E-state index contributed by atoms with van der Waals surface area (Å²) in [6, 6.07) is 20.1. The number of hydrogen-bond acceptors (Lipinski definition) is 3. The second-order valence-corrected chi connectivity index (χ2v) is 6.38. The maximum Gasteiger partial charge on any atom is 0.293 e. The van der Waals surface area contributed by atoms with Crippen molar-refractivity contribution in [3.05, 3.63) is 71.8 Å².